The quantitative estimate of drug-likeness (QED) is 0.596. The fourth-order valence-electron chi connectivity index (χ4n) is 0.617. The summed E-state index contributed by atoms with van der Waals surface area (Å²) in [6.45, 7) is 2.06. The van der Waals surface area contributed by atoms with Crippen molar-refractivity contribution in [2.45, 2.75) is 6.92 Å². The summed E-state index contributed by atoms with van der Waals surface area (Å²) in [7, 11) is 0. The van der Waals surface area contributed by atoms with Gasteiger partial charge in [-0.3, -0.25) is 0 Å². The summed E-state index contributed by atoms with van der Waals surface area (Å²) in [5, 5.41) is 0. The van der Waals surface area contributed by atoms with Crippen LogP contribution >= 0.6 is 0 Å². The molecule has 0 radical (unpaired) electrons. The Morgan fingerprint density at radius 1 is 1.22 bits per heavy atom. The Morgan fingerprint density at radius 2 is 1.78 bits per heavy atom. The van der Waals surface area contributed by atoms with E-state index in [0.29, 0.717) is 0 Å². The van der Waals surface area contributed by atoms with Crippen molar-refractivity contribution < 1.29 is 27.7 Å². The molecule has 44 valence electrons. The van der Waals surface area contributed by atoms with Gasteiger partial charge in [-0.05, 0) is 0 Å². The average Bonchev–Trinajstić information content (AvgIpc) is 1.90. The fraction of sp³-hybridized carbons (Fsp3) is 0.143. The molecule has 0 N–H and O–H groups in total. The minimum absolute atomic E-state index is 0.945. The Labute approximate surface area is 70.2 Å². The standard InChI is InChI=1S/C7H8O.Sc/c1-6-2-4-7(8)5-3-6;/h2-5,8H,1H3;/q;+1/p-1. The van der Waals surface area contributed by atoms with Gasteiger partial charge in [0.25, 0.3) is 0 Å². The molecule has 0 amide bonds. The maximum atomic E-state index is 5.03. The van der Waals surface area contributed by atoms with Crippen molar-refractivity contribution in [3.05, 3.63) is 29.8 Å². The zero-order chi connectivity index (χ0) is 6.69. The van der Waals surface area contributed by atoms with E-state index in [9.17, 15) is 0 Å². The maximum absolute atomic E-state index is 5.03. The molecule has 0 aliphatic heterocycles. The first-order chi connectivity index (χ1) is 4.33. The Hall–Kier alpha value is -0.110. The summed E-state index contributed by atoms with van der Waals surface area (Å²) in [5.74, 6) is 0.945. The number of hydrogen-bond acceptors (Lipinski definition) is 1. The first kappa shape index (κ1) is 7.00. The molecule has 1 aromatic carbocycles. The molecule has 0 saturated carbocycles. The first-order valence-corrected chi connectivity index (χ1v) is 3.50. The van der Waals surface area contributed by atoms with E-state index in [1.165, 1.54) is 30.4 Å². The van der Waals surface area contributed by atoms with Crippen LogP contribution in [-0.4, -0.2) is 0 Å². The van der Waals surface area contributed by atoms with E-state index in [1.807, 2.05) is 24.3 Å². The molecule has 0 atom stereocenters. The molecule has 0 saturated heterocycles. The molecule has 0 fully saturated rings. The Kier molecular flexibility index (Phi) is 2.46. The van der Waals surface area contributed by atoms with Crippen molar-refractivity contribution >= 4 is 0 Å². The summed E-state index contributed by atoms with van der Waals surface area (Å²) in [6, 6.07) is 8.01. The van der Waals surface area contributed by atoms with Crippen LogP contribution < -0.4 is 2.85 Å². The predicted octanol–water partition coefficient (Wildman–Crippen LogP) is 1.84. The third-order valence-corrected chi connectivity index (χ3v) is 1.58. The molecule has 0 spiro atoms. The minimum atomic E-state index is 0.945. The van der Waals surface area contributed by atoms with Gasteiger partial charge in [-0.1, -0.05) is 0 Å². The number of aryl methyl sites for hydroxylation is 1. The molecule has 1 nitrogen and oxygen atoms in total. The van der Waals surface area contributed by atoms with E-state index in [0.717, 1.165) is 5.75 Å². The van der Waals surface area contributed by atoms with Crippen molar-refractivity contribution in [3.63, 3.8) is 0 Å². The predicted molar refractivity (Wildman–Crippen MR) is 31.8 cm³/mol. The van der Waals surface area contributed by atoms with Gasteiger partial charge in [0.2, 0.25) is 0 Å². The SMILES string of the molecule is Cc1ccc([O][Sc])cc1. The Bertz CT molecular complexity index is 181. The third-order valence-electron chi connectivity index (χ3n) is 1.16. The number of hydrogen-bond donors (Lipinski definition) is 0. The molecule has 0 aliphatic rings. The monoisotopic (exact) mass is 152 g/mol. The summed E-state index contributed by atoms with van der Waals surface area (Å²) < 4.78 is 5.03. The molecular formula is C7H7OSc. The summed E-state index contributed by atoms with van der Waals surface area (Å²) in [4.78, 5) is 0. The van der Waals surface area contributed by atoms with Crippen LogP contribution in [0.1, 0.15) is 5.56 Å². The van der Waals surface area contributed by atoms with E-state index in [-0.39, 0.29) is 0 Å². The van der Waals surface area contributed by atoms with E-state index in [4.69, 9.17) is 2.85 Å². The summed E-state index contributed by atoms with van der Waals surface area (Å²) >= 11 is 1.27. The van der Waals surface area contributed by atoms with Crippen LogP contribution in [0.15, 0.2) is 24.3 Å². The van der Waals surface area contributed by atoms with E-state index in [1.54, 1.807) is 0 Å². The molecule has 0 aromatic heterocycles. The zero-order valence-corrected chi connectivity index (χ0v) is 7.10. The normalized spacial score (nSPS) is 8.89. The van der Waals surface area contributed by atoms with Crippen LogP contribution in [0, 0.1) is 6.92 Å². The molecule has 0 heterocycles. The van der Waals surface area contributed by atoms with Gasteiger partial charge >= 0.3 is 70.2 Å². The van der Waals surface area contributed by atoms with Crippen LogP contribution in [0.3, 0.4) is 0 Å². The van der Waals surface area contributed by atoms with Crippen molar-refractivity contribution in [2.75, 3.05) is 0 Å². The number of rotatable bonds is 1. The Balaban J connectivity index is 2.88. The van der Waals surface area contributed by atoms with Crippen molar-refractivity contribution in [3.8, 4) is 5.75 Å². The zero-order valence-electron chi connectivity index (χ0n) is 5.29. The molecule has 1 rings (SSSR count). The molecule has 0 unspecified atom stereocenters. The van der Waals surface area contributed by atoms with Crippen LogP contribution in [0.5, 0.6) is 5.75 Å². The van der Waals surface area contributed by atoms with Crippen molar-refractivity contribution in [1.82, 2.24) is 0 Å². The van der Waals surface area contributed by atoms with E-state index < -0.39 is 0 Å². The van der Waals surface area contributed by atoms with Crippen LogP contribution in [0.2, 0.25) is 0 Å². The van der Waals surface area contributed by atoms with Crippen LogP contribution in [0.25, 0.3) is 0 Å². The second kappa shape index (κ2) is 3.16. The number of benzene rings is 1. The fourth-order valence-corrected chi connectivity index (χ4v) is 0.862. The van der Waals surface area contributed by atoms with Gasteiger partial charge in [0, 0.05) is 0 Å². The molecule has 1 aromatic rings. The molecule has 2 heteroatoms. The van der Waals surface area contributed by atoms with Crippen molar-refractivity contribution in [2.24, 2.45) is 0 Å². The van der Waals surface area contributed by atoms with Gasteiger partial charge in [-0.2, -0.15) is 0 Å². The van der Waals surface area contributed by atoms with Gasteiger partial charge in [-0.25, -0.2) is 0 Å². The first-order valence-electron chi connectivity index (χ1n) is 2.76. The molecular weight excluding hydrogens is 145 g/mol. The molecule has 0 aliphatic carbocycles. The van der Waals surface area contributed by atoms with E-state index in [2.05, 4.69) is 6.92 Å². The topological polar surface area (TPSA) is 9.23 Å². The second-order valence-corrected chi connectivity index (χ2v) is 2.30. The Morgan fingerprint density at radius 3 is 2.22 bits per heavy atom. The van der Waals surface area contributed by atoms with Crippen LogP contribution in [-0.2, 0) is 24.8 Å². The summed E-state index contributed by atoms with van der Waals surface area (Å²) in [5.41, 5.74) is 1.27. The van der Waals surface area contributed by atoms with Crippen molar-refractivity contribution in [1.29, 1.82) is 0 Å². The van der Waals surface area contributed by atoms with Gasteiger partial charge in [0.15, 0.2) is 0 Å². The second-order valence-electron chi connectivity index (χ2n) is 1.93. The average molecular weight is 152 g/mol. The van der Waals surface area contributed by atoms with Gasteiger partial charge in [0.1, 0.15) is 0 Å². The molecule has 0 bridgehead atoms. The van der Waals surface area contributed by atoms with Gasteiger partial charge < -0.3 is 0 Å². The molecule has 9 heavy (non-hydrogen) atoms. The third kappa shape index (κ3) is 1.94. The van der Waals surface area contributed by atoms with Gasteiger partial charge in [-0.15, -0.1) is 0 Å². The van der Waals surface area contributed by atoms with E-state index >= 15 is 0 Å². The van der Waals surface area contributed by atoms with Crippen LogP contribution in [0.4, 0.5) is 0 Å². The summed E-state index contributed by atoms with van der Waals surface area (Å²) in [6.07, 6.45) is 0. The van der Waals surface area contributed by atoms with Gasteiger partial charge in [0.05, 0.1) is 0 Å².